The second kappa shape index (κ2) is 6.45. The minimum Gasteiger partial charge on any atom is -0.385 e. The smallest absolute Gasteiger partial charge is 0.0756 e. The summed E-state index contributed by atoms with van der Waals surface area (Å²) in [5, 5.41) is 3.35. The van der Waals surface area contributed by atoms with Crippen LogP contribution in [0.15, 0.2) is 18.6 Å². The van der Waals surface area contributed by atoms with E-state index in [1.807, 2.05) is 0 Å². The molecule has 0 spiro atoms. The van der Waals surface area contributed by atoms with Crippen LogP contribution in [0.2, 0.25) is 0 Å². The standard InChI is InChI=1S/C10H17N3O/c1-3-12-9(4-7-14-2)10-8-11-5-6-13-10/h5-6,8-9,12H,3-4,7H2,1-2H3. The van der Waals surface area contributed by atoms with Crippen molar-refractivity contribution in [1.82, 2.24) is 15.3 Å². The van der Waals surface area contributed by atoms with Gasteiger partial charge in [-0.1, -0.05) is 6.92 Å². The summed E-state index contributed by atoms with van der Waals surface area (Å²) in [7, 11) is 1.71. The number of nitrogens with zero attached hydrogens (tertiary/aromatic N) is 2. The molecule has 0 aliphatic heterocycles. The van der Waals surface area contributed by atoms with Gasteiger partial charge in [0.1, 0.15) is 0 Å². The van der Waals surface area contributed by atoms with Crippen LogP contribution < -0.4 is 5.32 Å². The quantitative estimate of drug-likeness (QED) is 0.740. The van der Waals surface area contributed by atoms with Gasteiger partial charge >= 0.3 is 0 Å². The van der Waals surface area contributed by atoms with Crippen molar-refractivity contribution in [2.75, 3.05) is 20.3 Å². The molecule has 1 aromatic heterocycles. The largest absolute Gasteiger partial charge is 0.385 e. The Labute approximate surface area is 84.7 Å². The minimum absolute atomic E-state index is 0.244. The van der Waals surface area contributed by atoms with Crippen molar-refractivity contribution in [2.45, 2.75) is 19.4 Å². The molecule has 1 rings (SSSR count). The zero-order valence-corrected chi connectivity index (χ0v) is 8.73. The lowest BCUT2D eigenvalue weighted by Gasteiger charge is -2.15. The van der Waals surface area contributed by atoms with Crippen molar-refractivity contribution in [2.24, 2.45) is 0 Å². The maximum absolute atomic E-state index is 5.05. The summed E-state index contributed by atoms with van der Waals surface area (Å²) < 4.78 is 5.05. The second-order valence-electron chi connectivity index (χ2n) is 3.02. The first-order valence-electron chi connectivity index (χ1n) is 4.86. The van der Waals surface area contributed by atoms with Crippen molar-refractivity contribution in [3.05, 3.63) is 24.3 Å². The maximum Gasteiger partial charge on any atom is 0.0756 e. The van der Waals surface area contributed by atoms with Gasteiger partial charge in [0, 0.05) is 32.3 Å². The predicted octanol–water partition coefficient (Wildman–Crippen LogP) is 1.16. The number of rotatable bonds is 6. The van der Waals surface area contributed by atoms with Gasteiger partial charge in [-0.2, -0.15) is 0 Å². The van der Waals surface area contributed by atoms with Crippen LogP contribution in [0.5, 0.6) is 0 Å². The molecule has 78 valence electrons. The van der Waals surface area contributed by atoms with E-state index in [4.69, 9.17) is 4.74 Å². The van der Waals surface area contributed by atoms with Crippen LogP contribution in [0.1, 0.15) is 25.1 Å². The zero-order chi connectivity index (χ0) is 10.2. The fourth-order valence-corrected chi connectivity index (χ4v) is 1.33. The molecule has 0 aliphatic rings. The highest BCUT2D eigenvalue weighted by molar-refractivity contribution is 5.01. The first kappa shape index (κ1) is 11.1. The van der Waals surface area contributed by atoms with E-state index in [2.05, 4.69) is 22.2 Å². The summed E-state index contributed by atoms with van der Waals surface area (Å²) in [6.07, 6.45) is 6.11. The summed E-state index contributed by atoms with van der Waals surface area (Å²) in [6.45, 7) is 3.73. The van der Waals surface area contributed by atoms with Crippen LogP contribution in [0.25, 0.3) is 0 Å². The van der Waals surface area contributed by atoms with Gasteiger partial charge in [-0.05, 0) is 13.0 Å². The first-order chi connectivity index (χ1) is 6.88. The van der Waals surface area contributed by atoms with Crippen molar-refractivity contribution >= 4 is 0 Å². The molecule has 1 N–H and O–H groups in total. The van der Waals surface area contributed by atoms with Gasteiger partial charge in [0.15, 0.2) is 0 Å². The molecule has 0 aromatic carbocycles. The lowest BCUT2D eigenvalue weighted by molar-refractivity contribution is 0.182. The van der Waals surface area contributed by atoms with Gasteiger partial charge in [-0.15, -0.1) is 0 Å². The molecule has 1 unspecified atom stereocenters. The Hall–Kier alpha value is -1.00. The van der Waals surface area contributed by atoms with E-state index in [-0.39, 0.29) is 6.04 Å². The molecule has 0 radical (unpaired) electrons. The third-order valence-corrected chi connectivity index (χ3v) is 2.00. The molecule has 0 saturated carbocycles. The molecule has 1 heterocycles. The van der Waals surface area contributed by atoms with Crippen LogP contribution in [0.3, 0.4) is 0 Å². The van der Waals surface area contributed by atoms with Crippen molar-refractivity contribution in [1.29, 1.82) is 0 Å². The van der Waals surface area contributed by atoms with E-state index >= 15 is 0 Å². The second-order valence-corrected chi connectivity index (χ2v) is 3.02. The number of hydrogen-bond acceptors (Lipinski definition) is 4. The number of nitrogens with one attached hydrogen (secondary N) is 1. The Bertz CT molecular complexity index is 240. The molecule has 0 bridgehead atoms. The summed E-state index contributed by atoms with van der Waals surface area (Å²) in [4.78, 5) is 8.32. The average Bonchev–Trinajstić information content (AvgIpc) is 2.25. The topological polar surface area (TPSA) is 47.0 Å². The summed E-state index contributed by atoms with van der Waals surface area (Å²) >= 11 is 0. The zero-order valence-electron chi connectivity index (χ0n) is 8.73. The summed E-state index contributed by atoms with van der Waals surface area (Å²) in [6, 6.07) is 0.244. The van der Waals surface area contributed by atoms with Crippen LogP contribution >= 0.6 is 0 Å². The Morgan fingerprint density at radius 1 is 1.50 bits per heavy atom. The van der Waals surface area contributed by atoms with Gasteiger partial charge in [0.2, 0.25) is 0 Å². The van der Waals surface area contributed by atoms with E-state index in [0.29, 0.717) is 0 Å². The van der Waals surface area contributed by atoms with Crippen LogP contribution in [0.4, 0.5) is 0 Å². The van der Waals surface area contributed by atoms with Gasteiger partial charge in [0.05, 0.1) is 11.7 Å². The Kier molecular flexibility index (Phi) is 5.11. The molecule has 0 amide bonds. The fraction of sp³-hybridized carbons (Fsp3) is 0.600. The fourth-order valence-electron chi connectivity index (χ4n) is 1.33. The molecule has 14 heavy (non-hydrogen) atoms. The number of methoxy groups -OCH3 is 1. The summed E-state index contributed by atoms with van der Waals surface area (Å²) in [5.41, 5.74) is 0.978. The van der Waals surface area contributed by atoms with E-state index < -0.39 is 0 Å². The molecular formula is C10H17N3O. The highest BCUT2D eigenvalue weighted by Gasteiger charge is 2.10. The first-order valence-corrected chi connectivity index (χ1v) is 4.86. The SMILES string of the molecule is CCNC(CCOC)c1cnccn1. The number of aromatic nitrogens is 2. The van der Waals surface area contributed by atoms with Gasteiger partial charge in [-0.25, -0.2) is 0 Å². The molecule has 0 aliphatic carbocycles. The molecular weight excluding hydrogens is 178 g/mol. The molecule has 4 heteroatoms. The van der Waals surface area contributed by atoms with Crippen molar-refractivity contribution in [3.63, 3.8) is 0 Å². The van der Waals surface area contributed by atoms with Gasteiger partial charge in [0.25, 0.3) is 0 Å². The lowest BCUT2D eigenvalue weighted by atomic mass is 10.1. The molecule has 4 nitrogen and oxygen atoms in total. The minimum atomic E-state index is 0.244. The predicted molar refractivity (Wildman–Crippen MR) is 54.9 cm³/mol. The molecule has 0 fully saturated rings. The van der Waals surface area contributed by atoms with Gasteiger partial charge < -0.3 is 10.1 Å². The van der Waals surface area contributed by atoms with Crippen molar-refractivity contribution in [3.8, 4) is 0 Å². The third kappa shape index (κ3) is 3.40. The number of hydrogen-bond donors (Lipinski definition) is 1. The van der Waals surface area contributed by atoms with E-state index in [1.54, 1.807) is 25.7 Å². The van der Waals surface area contributed by atoms with Gasteiger partial charge in [-0.3, -0.25) is 9.97 Å². The van der Waals surface area contributed by atoms with Crippen molar-refractivity contribution < 1.29 is 4.74 Å². The normalized spacial score (nSPS) is 12.7. The molecule has 1 atom stereocenters. The maximum atomic E-state index is 5.05. The molecule has 1 aromatic rings. The van der Waals surface area contributed by atoms with E-state index in [9.17, 15) is 0 Å². The highest BCUT2D eigenvalue weighted by atomic mass is 16.5. The van der Waals surface area contributed by atoms with E-state index in [0.717, 1.165) is 25.3 Å². The van der Waals surface area contributed by atoms with Crippen LogP contribution in [0, 0.1) is 0 Å². The number of ether oxygens (including phenoxy) is 1. The highest BCUT2D eigenvalue weighted by Crippen LogP contribution is 2.12. The average molecular weight is 195 g/mol. The Morgan fingerprint density at radius 3 is 2.93 bits per heavy atom. The summed E-state index contributed by atoms with van der Waals surface area (Å²) in [5.74, 6) is 0. The lowest BCUT2D eigenvalue weighted by Crippen LogP contribution is -2.23. The monoisotopic (exact) mass is 195 g/mol. The molecule has 0 saturated heterocycles. The third-order valence-electron chi connectivity index (χ3n) is 2.00. The Balaban J connectivity index is 2.58. The van der Waals surface area contributed by atoms with E-state index in [1.165, 1.54) is 0 Å². The van der Waals surface area contributed by atoms with Crippen LogP contribution in [-0.2, 0) is 4.74 Å². The Morgan fingerprint density at radius 2 is 2.36 bits per heavy atom. The van der Waals surface area contributed by atoms with Crippen LogP contribution in [-0.4, -0.2) is 30.2 Å².